The van der Waals surface area contributed by atoms with Crippen molar-refractivity contribution in [2.75, 3.05) is 10.2 Å². The predicted molar refractivity (Wildman–Crippen MR) is 113 cm³/mol. The zero-order valence-corrected chi connectivity index (χ0v) is 16.3. The van der Waals surface area contributed by atoms with Gasteiger partial charge in [-0.2, -0.15) is 0 Å². The molecule has 0 atom stereocenters. The van der Waals surface area contributed by atoms with Crippen molar-refractivity contribution in [2.24, 2.45) is 0 Å². The molecule has 1 aliphatic heterocycles. The van der Waals surface area contributed by atoms with Crippen molar-refractivity contribution in [1.29, 1.82) is 0 Å². The van der Waals surface area contributed by atoms with E-state index in [1.807, 2.05) is 24.3 Å². The Morgan fingerprint density at radius 2 is 2.06 bits per heavy atom. The van der Waals surface area contributed by atoms with Crippen molar-refractivity contribution < 1.29 is 23.8 Å². The second-order valence-electron chi connectivity index (χ2n) is 6.79. The van der Waals surface area contributed by atoms with Gasteiger partial charge in [0, 0.05) is 24.0 Å². The van der Waals surface area contributed by atoms with Gasteiger partial charge in [-0.25, -0.2) is 14.0 Å². The fraction of sp³-hybridized carbons (Fsp3) is 0.0870. The van der Waals surface area contributed by atoms with Crippen molar-refractivity contribution in [3.63, 3.8) is 0 Å². The Kier molecular flexibility index (Phi) is 5.61. The van der Waals surface area contributed by atoms with Gasteiger partial charge in [0.2, 0.25) is 0 Å². The van der Waals surface area contributed by atoms with E-state index in [1.54, 1.807) is 18.2 Å². The number of rotatable bonds is 6. The molecule has 0 saturated carbocycles. The summed E-state index contributed by atoms with van der Waals surface area (Å²) >= 11 is 0. The molecule has 3 aromatic rings. The first-order valence-corrected chi connectivity index (χ1v) is 9.45. The third kappa shape index (κ3) is 4.53. The summed E-state index contributed by atoms with van der Waals surface area (Å²) in [5, 5.41) is 11.8. The maximum atomic E-state index is 13.8. The molecule has 0 radical (unpaired) electrons. The van der Waals surface area contributed by atoms with Gasteiger partial charge in [-0.15, -0.1) is 0 Å². The Balaban J connectivity index is 1.66. The van der Waals surface area contributed by atoms with Crippen LogP contribution in [-0.2, 0) is 17.9 Å². The molecule has 0 saturated heterocycles. The van der Waals surface area contributed by atoms with Gasteiger partial charge in [-0.3, -0.25) is 9.88 Å². The van der Waals surface area contributed by atoms with Gasteiger partial charge in [0.25, 0.3) is 0 Å². The summed E-state index contributed by atoms with van der Waals surface area (Å²) in [6, 6.07) is 14.8. The number of ether oxygens (including phenoxy) is 1. The summed E-state index contributed by atoms with van der Waals surface area (Å²) in [5.74, 6) is -1.19. The van der Waals surface area contributed by atoms with E-state index in [9.17, 15) is 14.0 Å². The Morgan fingerprint density at radius 3 is 2.87 bits per heavy atom. The number of carbonyl (C=O) groups excluding carboxylic acids is 1. The van der Waals surface area contributed by atoms with Gasteiger partial charge in [0.15, 0.2) is 0 Å². The average molecular weight is 419 g/mol. The van der Waals surface area contributed by atoms with E-state index in [0.29, 0.717) is 23.5 Å². The lowest BCUT2D eigenvalue weighted by atomic mass is 10.1. The molecular weight excluding hydrogens is 401 g/mol. The first-order chi connectivity index (χ1) is 15.0. The number of carboxylic acids is 1. The summed E-state index contributed by atoms with van der Waals surface area (Å²) in [7, 11) is 0. The standard InChI is InChI=1S/C23H18FN3O4/c24-18-5-3-11-25-20(18)14-31-17-9-7-15(8-10-22(28)29)21(12-17)27-13-16-4-1-2-6-19(16)26-23(27)30/h1-12H,13-14H2,(H,26,30)(H,28,29). The molecule has 4 rings (SSSR count). The van der Waals surface area contributed by atoms with Crippen LogP contribution in [0.15, 0.2) is 66.9 Å². The van der Waals surface area contributed by atoms with Crippen LogP contribution in [0.4, 0.5) is 20.6 Å². The molecule has 31 heavy (non-hydrogen) atoms. The van der Waals surface area contributed by atoms with Crippen LogP contribution in [0.2, 0.25) is 0 Å². The second kappa shape index (κ2) is 8.66. The molecule has 8 heteroatoms. The minimum Gasteiger partial charge on any atom is -0.487 e. The van der Waals surface area contributed by atoms with Crippen LogP contribution in [0.1, 0.15) is 16.8 Å². The molecule has 0 fully saturated rings. The second-order valence-corrected chi connectivity index (χ2v) is 6.79. The quantitative estimate of drug-likeness (QED) is 0.576. The zero-order valence-electron chi connectivity index (χ0n) is 16.3. The van der Waals surface area contributed by atoms with Gasteiger partial charge >= 0.3 is 12.0 Å². The number of halogens is 1. The van der Waals surface area contributed by atoms with Crippen LogP contribution in [0.3, 0.4) is 0 Å². The number of urea groups is 1. The van der Waals surface area contributed by atoms with Crippen molar-refractivity contribution in [2.45, 2.75) is 13.2 Å². The number of carboxylic acid groups (broad SMARTS) is 1. The smallest absolute Gasteiger partial charge is 0.328 e. The van der Waals surface area contributed by atoms with E-state index in [4.69, 9.17) is 9.84 Å². The number of anilines is 2. The lowest BCUT2D eigenvalue weighted by Gasteiger charge is -2.30. The van der Waals surface area contributed by atoms with Gasteiger partial charge < -0.3 is 15.2 Å². The molecule has 0 unspecified atom stereocenters. The number of nitrogens with one attached hydrogen (secondary N) is 1. The number of aliphatic carboxylic acids is 1. The molecule has 2 N–H and O–H groups in total. The number of fused-ring (bicyclic) bond motifs is 1. The molecule has 156 valence electrons. The lowest BCUT2D eigenvalue weighted by molar-refractivity contribution is -0.131. The number of benzene rings is 2. The molecule has 2 aromatic carbocycles. The maximum Gasteiger partial charge on any atom is 0.328 e. The fourth-order valence-electron chi connectivity index (χ4n) is 3.22. The fourth-order valence-corrected chi connectivity index (χ4v) is 3.22. The van der Waals surface area contributed by atoms with Crippen molar-refractivity contribution >= 4 is 29.5 Å². The topological polar surface area (TPSA) is 91.8 Å². The Labute approximate surface area is 177 Å². The normalized spacial score (nSPS) is 13.1. The molecule has 0 bridgehead atoms. The van der Waals surface area contributed by atoms with Crippen LogP contribution < -0.4 is 15.0 Å². The molecule has 2 amide bonds. The van der Waals surface area contributed by atoms with E-state index in [-0.39, 0.29) is 18.3 Å². The molecule has 0 spiro atoms. The maximum absolute atomic E-state index is 13.8. The van der Waals surface area contributed by atoms with Gasteiger partial charge in [0.05, 0.1) is 12.2 Å². The Hall–Kier alpha value is -4.20. The molecular formula is C23H18FN3O4. The Bertz CT molecular complexity index is 1180. The molecule has 1 aromatic heterocycles. The number of aromatic nitrogens is 1. The van der Waals surface area contributed by atoms with E-state index in [0.717, 1.165) is 17.3 Å². The van der Waals surface area contributed by atoms with E-state index in [2.05, 4.69) is 10.3 Å². The number of nitrogens with zero attached hydrogens (tertiary/aromatic N) is 2. The van der Waals surface area contributed by atoms with Crippen molar-refractivity contribution in [3.8, 4) is 5.75 Å². The number of hydrogen-bond acceptors (Lipinski definition) is 4. The van der Waals surface area contributed by atoms with Gasteiger partial charge in [0.1, 0.15) is 23.9 Å². The van der Waals surface area contributed by atoms with Crippen LogP contribution >= 0.6 is 0 Å². The highest BCUT2D eigenvalue weighted by Crippen LogP contribution is 2.33. The summed E-state index contributed by atoms with van der Waals surface area (Å²) in [5.41, 5.74) is 2.78. The average Bonchev–Trinajstić information content (AvgIpc) is 2.77. The third-order valence-electron chi connectivity index (χ3n) is 4.74. The molecule has 7 nitrogen and oxygen atoms in total. The first kappa shape index (κ1) is 20.1. The van der Waals surface area contributed by atoms with E-state index < -0.39 is 11.8 Å². The number of pyridine rings is 1. The highest BCUT2D eigenvalue weighted by atomic mass is 19.1. The summed E-state index contributed by atoms with van der Waals surface area (Å²) < 4.78 is 19.5. The van der Waals surface area contributed by atoms with E-state index >= 15 is 0 Å². The van der Waals surface area contributed by atoms with Crippen LogP contribution in [0.5, 0.6) is 5.75 Å². The van der Waals surface area contributed by atoms with Gasteiger partial charge in [-0.05, 0) is 47.5 Å². The van der Waals surface area contributed by atoms with Crippen LogP contribution in [0, 0.1) is 5.82 Å². The largest absolute Gasteiger partial charge is 0.487 e. The van der Waals surface area contributed by atoms with Crippen molar-refractivity contribution in [3.05, 3.63) is 89.5 Å². The highest BCUT2D eigenvalue weighted by molar-refractivity contribution is 6.05. The number of amides is 2. The monoisotopic (exact) mass is 419 g/mol. The Morgan fingerprint density at radius 1 is 1.23 bits per heavy atom. The SMILES string of the molecule is O=C(O)C=Cc1ccc(OCc2ncccc2F)cc1N1Cc2ccccc2NC1=O. The first-order valence-electron chi connectivity index (χ1n) is 9.45. The minimum absolute atomic E-state index is 0.0918. The van der Waals surface area contributed by atoms with E-state index in [1.165, 1.54) is 29.3 Å². The minimum atomic E-state index is -1.11. The number of para-hydroxylation sites is 1. The van der Waals surface area contributed by atoms with Crippen molar-refractivity contribution in [1.82, 2.24) is 4.98 Å². The lowest BCUT2D eigenvalue weighted by Crippen LogP contribution is -2.39. The predicted octanol–water partition coefficient (Wildman–Crippen LogP) is 4.45. The highest BCUT2D eigenvalue weighted by Gasteiger charge is 2.25. The van der Waals surface area contributed by atoms with Crippen LogP contribution in [-0.4, -0.2) is 22.1 Å². The van der Waals surface area contributed by atoms with Gasteiger partial charge in [-0.1, -0.05) is 18.2 Å². The zero-order chi connectivity index (χ0) is 21.8. The summed E-state index contributed by atoms with van der Waals surface area (Å²) in [6.45, 7) is 0.208. The van der Waals surface area contributed by atoms with Crippen LogP contribution in [0.25, 0.3) is 6.08 Å². The number of carbonyl (C=O) groups is 2. The summed E-state index contributed by atoms with van der Waals surface area (Å²) in [6.07, 6.45) is 3.88. The number of hydrogen-bond donors (Lipinski definition) is 2. The molecule has 1 aliphatic rings. The third-order valence-corrected chi connectivity index (χ3v) is 4.74. The molecule has 0 aliphatic carbocycles. The molecule has 2 heterocycles. The summed E-state index contributed by atoms with van der Waals surface area (Å²) in [4.78, 5) is 29.2.